The van der Waals surface area contributed by atoms with Crippen molar-refractivity contribution < 1.29 is 9.59 Å². The molecular formula is C11H14N4O3. The molecule has 0 aliphatic carbocycles. The van der Waals surface area contributed by atoms with E-state index in [4.69, 9.17) is 5.73 Å². The molecule has 0 bridgehead atoms. The molecular weight excluding hydrogens is 236 g/mol. The van der Waals surface area contributed by atoms with Crippen LogP contribution >= 0.6 is 0 Å². The van der Waals surface area contributed by atoms with Crippen molar-refractivity contribution in [2.45, 2.75) is 25.3 Å². The SMILES string of the molecule is NCCn1nccc(C2CCC(=O)NC2=O)c1=O. The second-order valence-electron chi connectivity index (χ2n) is 4.11. The van der Waals surface area contributed by atoms with Gasteiger partial charge < -0.3 is 5.73 Å². The summed E-state index contributed by atoms with van der Waals surface area (Å²) < 4.78 is 1.24. The molecule has 3 N–H and O–H groups in total. The number of aromatic nitrogens is 2. The number of hydrogen-bond acceptors (Lipinski definition) is 5. The van der Waals surface area contributed by atoms with Crippen LogP contribution < -0.4 is 16.6 Å². The fraction of sp³-hybridized carbons (Fsp3) is 0.455. The van der Waals surface area contributed by atoms with Gasteiger partial charge >= 0.3 is 0 Å². The molecule has 1 aromatic heterocycles. The number of carbonyl (C=O) groups is 2. The molecule has 7 nitrogen and oxygen atoms in total. The Bertz CT molecular complexity index is 537. The molecule has 96 valence electrons. The van der Waals surface area contributed by atoms with E-state index >= 15 is 0 Å². The lowest BCUT2D eigenvalue weighted by Gasteiger charge is -2.20. The first-order chi connectivity index (χ1) is 8.63. The van der Waals surface area contributed by atoms with Crippen LogP contribution in [0.4, 0.5) is 0 Å². The number of imide groups is 1. The summed E-state index contributed by atoms with van der Waals surface area (Å²) >= 11 is 0. The molecule has 0 saturated carbocycles. The third-order valence-corrected chi connectivity index (χ3v) is 2.90. The molecule has 7 heteroatoms. The Morgan fingerprint density at radius 2 is 2.22 bits per heavy atom. The second kappa shape index (κ2) is 5.09. The highest BCUT2D eigenvalue weighted by Gasteiger charge is 2.30. The smallest absolute Gasteiger partial charge is 0.270 e. The van der Waals surface area contributed by atoms with Gasteiger partial charge in [0.05, 0.1) is 12.5 Å². The molecule has 1 saturated heterocycles. The van der Waals surface area contributed by atoms with Crippen LogP contribution in [0.1, 0.15) is 24.3 Å². The third-order valence-electron chi connectivity index (χ3n) is 2.90. The van der Waals surface area contributed by atoms with Crippen LogP contribution in [0, 0.1) is 0 Å². The summed E-state index contributed by atoms with van der Waals surface area (Å²) in [5, 5.41) is 6.12. The number of nitrogens with one attached hydrogen (secondary N) is 1. The lowest BCUT2D eigenvalue weighted by molar-refractivity contribution is -0.134. The molecule has 2 amide bonds. The molecule has 1 aliphatic heterocycles. The van der Waals surface area contributed by atoms with E-state index in [9.17, 15) is 14.4 Å². The van der Waals surface area contributed by atoms with Crippen LogP contribution in [0.2, 0.25) is 0 Å². The molecule has 0 radical (unpaired) electrons. The monoisotopic (exact) mass is 250 g/mol. The van der Waals surface area contributed by atoms with Crippen molar-refractivity contribution in [1.82, 2.24) is 15.1 Å². The van der Waals surface area contributed by atoms with Crippen molar-refractivity contribution >= 4 is 11.8 Å². The summed E-state index contributed by atoms with van der Waals surface area (Å²) in [7, 11) is 0. The molecule has 1 unspecified atom stereocenters. The lowest BCUT2D eigenvalue weighted by Crippen LogP contribution is -2.42. The maximum atomic E-state index is 12.1. The maximum Gasteiger partial charge on any atom is 0.270 e. The zero-order chi connectivity index (χ0) is 13.1. The first-order valence-electron chi connectivity index (χ1n) is 5.73. The Labute approximate surface area is 103 Å². The topological polar surface area (TPSA) is 107 Å². The van der Waals surface area contributed by atoms with Crippen molar-refractivity contribution in [1.29, 1.82) is 0 Å². The third kappa shape index (κ3) is 2.30. The van der Waals surface area contributed by atoms with Gasteiger partial charge in [-0.2, -0.15) is 5.10 Å². The van der Waals surface area contributed by atoms with Crippen LogP contribution in [0.3, 0.4) is 0 Å². The summed E-state index contributed by atoms with van der Waals surface area (Å²) in [6.07, 6.45) is 2.07. The van der Waals surface area contributed by atoms with E-state index < -0.39 is 11.8 Å². The average Bonchev–Trinajstić information content (AvgIpc) is 2.33. The fourth-order valence-corrected chi connectivity index (χ4v) is 2.00. The number of piperidine rings is 1. The number of carbonyl (C=O) groups excluding carboxylic acids is 2. The molecule has 2 rings (SSSR count). The predicted octanol–water partition coefficient (Wildman–Crippen LogP) is -1.28. The Morgan fingerprint density at radius 3 is 2.89 bits per heavy atom. The summed E-state index contributed by atoms with van der Waals surface area (Å²) in [6.45, 7) is 0.603. The Hall–Kier alpha value is -2.02. The number of nitrogens with two attached hydrogens (primary N) is 1. The van der Waals surface area contributed by atoms with Crippen molar-refractivity contribution in [3.63, 3.8) is 0 Å². The van der Waals surface area contributed by atoms with E-state index in [0.29, 0.717) is 25.1 Å². The van der Waals surface area contributed by atoms with E-state index in [1.807, 2.05) is 0 Å². The molecule has 0 spiro atoms. The average molecular weight is 250 g/mol. The first kappa shape index (κ1) is 12.4. The normalized spacial score (nSPS) is 19.7. The predicted molar refractivity (Wildman–Crippen MR) is 62.7 cm³/mol. The highest BCUT2D eigenvalue weighted by molar-refractivity contribution is 6.00. The summed E-state index contributed by atoms with van der Waals surface area (Å²) in [5.41, 5.74) is 5.42. The maximum absolute atomic E-state index is 12.1. The van der Waals surface area contributed by atoms with Gasteiger partial charge in [-0.3, -0.25) is 19.7 Å². The first-order valence-corrected chi connectivity index (χ1v) is 5.73. The van der Waals surface area contributed by atoms with Gasteiger partial charge in [0.25, 0.3) is 5.56 Å². The van der Waals surface area contributed by atoms with E-state index in [-0.39, 0.29) is 17.9 Å². The lowest BCUT2D eigenvalue weighted by atomic mass is 9.92. The second-order valence-corrected chi connectivity index (χ2v) is 4.11. The number of nitrogens with zero attached hydrogens (tertiary/aromatic N) is 2. The number of hydrogen-bond donors (Lipinski definition) is 2. The van der Waals surface area contributed by atoms with Gasteiger partial charge in [-0.15, -0.1) is 0 Å². The molecule has 1 fully saturated rings. The molecule has 2 heterocycles. The minimum Gasteiger partial charge on any atom is -0.329 e. The van der Waals surface area contributed by atoms with E-state index in [1.54, 1.807) is 0 Å². The Balaban J connectivity index is 2.33. The van der Waals surface area contributed by atoms with E-state index in [0.717, 1.165) is 0 Å². The van der Waals surface area contributed by atoms with Gasteiger partial charge in [-0.05, 0) is 12.5 Å². The van der Waals surface area contributed by atoms with Gasteiger partial charge in [0.2, 0.25) is 11.8 Å². The van der Waals surface area contributed by atoms with E-state index in [1.165, 1.54) is 16.9 Å². The van der Waals surface area contributed by atoms with Gasteiger partial charge in [-0.25, -0.2) is 4.68 Å². The highest BCUT2D eigenvalue weighted by atomic mass is 16.2. The minimum atomic E-state index is -0.581. The number of amides is 2. The van der Waals surface area contributed by atoms with Crippen molar-refractivity contribution in [3.8, 4) is 0 Å². The van der Waals surface area contributed by atoms with Crippen LogP contribution in [-0.2, 0) is 16.1 Å². The van der Waals surface area contributed by atoms with Gasteiger partial charge in [0, 0.05) is 24.7 Å². The van der Waals surface area contributed by atoms with Crippen molar-refractivity contribution in [2.24, 2.45) is 5.73 Å². The van der Waals surface area contributed by atoms with Gasteiger partial charge in [0.15, 0.2) is 0 Å². The standard InChI is InChI=1S/C11H14N4O3/c12-4-6-15-11(18)8(3-5-13-15)7-1-2-9(16)14-10(7)17/h3,5,7H,1-2,4,6,12H2,(H,14,16,17). The van der Waals surface area contributed by atoms with Gasteiger partial charge in [-0.1, -0.05) is 0 Å². The Morgan fingerprint density at radius 1 is 1.44 bits per heavy atom. The zero-order valence-corrected chi connectivity index (χ0v) is 9.76. The minimum absolute atomic E-state index is 0.245. The Kier molecular flexibility index (Phi) is 3.52. The quantitative estimate of drug-likeness (QED) is 0.650. The summed E-state index contributed by atoms with van der Waals surface area (Å²) in [4.78, 5) is 34.8. The van der Waals surface area contributed by atoms with Crippen molar-refractivity contribution in [3.05, 3.63) is 28.2 Å². The van der Waals surface area contributed by atoms with Crippen LogP contribution in [0.25, 0.3) is 0 Å². The molecule has 1 atom stereocenters. The summed E-state index contributed by atoms with van der Waals surface area (Å²) in [5.74, 6) is -1.30. The van der Waals surface area contributed by atoms with E-state index in [2.05, 4.69) is 10.4 Å². The van der Waals surface area contributed by atoms with Crippen LogP contribution in [0.5, 0.6) is 0 Å². The molecule has 1 aliphatic rings. The van der Waals surface area contributed by atoms with Crippen LogP contribution in [-0.4, -0.2) is 28.1 Å². The molecule has 18 heavy (non-hydrogen) atoms. The van der Waals surface area contributed by atoms with Crippen LogP contribution in [0.15, 0.2) is 17.1 Å². The largest absolute Gasteiger partial charge is 0.329 e. The molecule has 1 aromatic rings. The van der Waals surface area contributed by atoms with Crippen molar-refractivity contribution in [2.75, 3.05) is 6.54 Å². The fourth-order valence-electron chi connectivity index (χ4n) is 2.00. The number of rotatable bonds is 3. The van der Waals surface area contributed by atoms with Gasteiger partial charge in [0.1, 0.15) is 0 Å². The summed E-state index contributed by atoms with van der Waals surface area (Å²) in [6, 6.07) is 1.52. The zero-order valence-electron chi connectivity index (χ0n) is 9.76. The molecule has 0 aromatic carbocycles. The highest BCUT2D eigenvalue weighted by Crippen LogP contribution is 2.21.